The van der Waals surface area contributed by atoms with Crippen molar-refractivity contribution in [2.24, 2.45) is 0 Å². The van der Waals surface area contributed by atoms with E-state index in [9.17, 15) is 0 Å². The Hall–Kier alpha value is -1.66. The van der Waals surface area contributed by atoms with Crippen molar-refractivity contribution in [1.82, 2.24) is 25.2 Å². The zero-order chi connectivity index (χ0) is 12.5. The van der Waals surface area contributed by atoms with Crippen LogP contribution in [0.25, 0.3) is 11.0 Å². The Morgan fingerprint density at radius 2 is 2.33 bits per heavy atom. The van der Waals surface area contributed by atoms with E-state index in [-0.39, 0.29) is 0 Å². The number of piperazine rings is 1. The summed E-state index contributed by atoms with van der Waals surface area (Å²) in [4.78, 5) is 14.0. The fourth-order valence-electron chi connectivity index (χ4n) is 2.46. The second kappa shape index (κ2) is 4.55. The maximum absolute atomic E-state index is 5.24. The Bertz CT molecular complexity index is 552. The average molecular weight is 247 g/mol. The zero-order valence-corrected chi connectivity index (χ0v) is 10.6. The van der Waals surface area contributed by atoms with E-state index in [2.05, 4.69) is 32.2 Å². The second-order valence-electron chi connectivity index (χ2n) is 4.62. The molecule has 1 aliphatic heterocycles. The minimum Gasteiger partial charge on any atom is -0.479 e. The SMILES string of the molecule is COc1ncnc2c(C3CN(C)CCN3)c[nH]c12. The van der Waals surface area contributed by atoms with Crippen molar-refractivity contribution < 1.29 is 4.74 Å². The molecule has 0 aromatic carbocycles. The third-order valence-corrected chi connectivity index (χ3v) is 3.41. The lowest BCUT2D eigenvalue weighted by atomic mass is 10.1. The predicted molar refractivity (Wildman–Crippen MR) is 68.7 cm³/mol. The molecule has 6 nitrogen and oxygen atoms in total. The third-order valence-electron chi connectivity index (χ3n) is 3.41. The van der Waals surface area contributed by atoms with Crippen molar-refractivity contribution >= 4 is 11.0 Å². The fraction of sp³-hybridized carbons (Fsp3) is 0.500. The number of aromatic nitrogens is 3. The lowest BCUT2D eigenvalue weighted by Gasteiger charge is -2.30. The van der Waals surface area contributed by atoms with E-state index in [4.69, 9.17) is 4.74 Å². The molecule has 1 unspecified atom stereocenters. The van der Waals surface area contributed by atoms with Crippen molar-refractivity contribution in [3.05, 3.63) is 18.1 Å². The smallest absolute Gasteiger partial charge is 0.241 e. The molecule has 0 bridgehead atoms. The molecular formula is C12H17N5O. The van der Waals surface area contributed by atoms with E-state index in [1.165, 1.54) is 5.56 Å². The van der Waals surface area contributed by atoms with E-state index in [1.807, 2.05) is 6.20 Å². The number of hydrogen-bond acceptors (Lipinski definition) is 5. The molecule has 0 aliphatic carbocycles. The first-order valence-corrected chi connectivity index (χ1v) is 6.07. The predicted octanol–water partition coefficient (Wildman–Crippen LogP) is 0.543. The summed E-state index contributed by atoms with van der Waals surface area (Å²) >= 11 is 0. The third kappa shape index (κ3) is 1.83. The van der Waals surface area contributed by atoms with Gasteiger partial charge in [-0.3, -0.25) is 0 Å². The molecule has 3 heterocycles. The minimum atomic E-state index is 0.303. The van der Waals surface area contributed by atoms with Gasteiger partial charge in [0.1, 0.15) is 17.4 Å². The number of H-pyrrole nitrogens is 1. The Labute approximate surface area is 105 Å². The summed E-state index contributed by atoms with van der Waals surface area (Å²) in [6, 6.07) is 0.303. The van der Waals surface area contributed by atoms with E-state index in [0.29, 0.717) is 11.9 Å². The number of nitrogens with zero attached hydrogens (tertiary/aromatic N) is 3. The van der Waals surface area contributed by atoms with Crippen molar-refractivity contribution in [3.63, 3.8) is 0 Å². The van der Waals surface area contributed by atoms with Gasteiger partial charge in [-0.25, -0.2) is 4.98 Å². The molecule has 0 radical (unpaired) electrons. The lowest BCUT2D eigenvalue weighted by molar-refractivity contribution is 0.241. The van der Waals surface area contributed by atoms with Gasteiger partial charge in [-0.15, -0.1) is 0 Å². The van der Waals surface area contributed by atoms with Gasteiger partial charge in [-0.2, -0.15) is 4.98 Å². The number of likely N-dealkylation sites (N-methyl/N-ethyl adjacent to an activating group) is 1. The Morgan fingerprint density at radius 1 is 1.44 bits per heavy atom. The van der Waals surface area contributed by atoms with Crippen LogP contribution >= 0.6 is 0 Å². The molecule has 6 heteroatoms. The number of nitrogens with one attached hydrogen (secondary N) is 2. The van der Waals surface area contributed by atoms with Crippen LogP contribution in [0, 0.1) is 0 Å². The van der Waals surface area contributed by atoms with Crippen LogP contribution in [0.4, 0.5) is 0 Å². The van der Waals surface area contributed by atoms with E-state index >= 15 is 0 Å². The highest BCUT2D eigenvalue weighted by molar-refractivity contribution is 5.83. The maximum Gasteiger partial charge on any atom is 0.241 e. The monoisotopic (exact) mass is 247 g/mol. The van der Waals surface area contributed by atoms with Gasteiger partial charge in [0.25, 0.3) is 0 Å². The van der Waals surface area contributed by atoms with Gasteiger partial charge >= 0.3 is 0 Å². The molecular weight excluding hydrogens is 230 g/mol. The Balaban J connectivity index is 2.02. The van der Waals surface area contributed by atoms with Gasteiger partial charge in [0.05, 0.1) is 7.11 Å². The number of hydrogen-bond donors (Lipinski definition) is 2. The van der Waals surface area contributed by atoms with E-state index in [1.54, 1.807) is 13.4 Å². The number of fused-ring (bicyclic) bond motifs is 1. The number of aromatic amines is 1. The second-order valence-corrected chi connectivity index (χ2v) is 4.62. The van der Waals surface area contributed by atoms with Gasteiger partial charge in [0, 0.05) is 37.4 Å². The summed E-state index contributed by atoms with van der Waals surface area (Å²) in [6.07, 6.45) is 3.55. The van der Waals surface area contributed by atoms with Crippen LogP contribution in [0.1, 0.15) is 11.6 Å². The lowest BCUT2D eigenvalue weighted by Crippen LogP contribution is -2.43. The van der Waals surface area contributed by atoms with Crippen LogP contribution < -0.4 is 10.1 Å². The summed E-state index contributed by atoms with van der Waals surface area (Å²) in [5, 5.41) is 3.52. The zero-order valence-electron chi connectivity index (χ0n) is 10.6. The highest BCUT2D eigenvalue weighted by Gasteiger charge is 2.22. The number of methoxy groups -OCH3 is 1. The topological polar surface area (TPSA) is 66.1 Å². The van der Waals surface area contributed by atoms with Crippen molar-refractivity contribution in [1.29, 1.82) is 0 Å². The highest BCUT2D eigenvalue weighted by Crippen LogP contribution is 2.27. The van der Waals surface area contributed by atoms with Crippen LogP contribution in [0.3, 0.4) is 0 Å². The summed E-state index contributed by atoms with van der Waals surface area (Å²) in [7, 11) is 3.76. The highest BCUT2D eigenvalue weighted by atomic mass is 16.5. The molecule has 1 atom stereocenters. The summed E-state index contributed by atoms with van der Waals surface area (Å²) in [6.45, 7) is 3.06. The molecule has 2 N–H and O–H groups in total. The van der Waals surface area contributed by atoms with Crippen LogP contribution in [0.15, 0.2) is 12.5 Å². The molecule has 3 rings (SSSR count). The van der Waals surface area contributed by atoms with Crippen LogP contribution in [-0.4, -0.2) is 53.6 Å². The molecule has 96 valence electrons. The minimum absolute atomic E-state index is 0.303. The molecule has 0 spiro atoms. The largest absolute Gasteiger partial charge is 0.479 e. The Kier molecular flexibility index (Phi) is 2.89. The van der Waals surface area contributed by atoms with Crippen LogP contribution in [0.2, 0.25) is 0 Å². The molecule has 2 aromatic rings. The maximum atomic E-state index is 5.24. The van der Waals surface area contributed by atoms with Crippen molar-refractivity contribution in [2.75, 3.05) is 33.8 Å². The average Bonchev–Trinajstić information content (AvgIpc) is 2.82. The number of ether oxygens (including phenoxy) is 1. The van der Waals surface area contributed by atoms with Gasteiger partial charge in [-0.05, 0) is 7.05 Å². The number of rotatable bonds is 2. The van der Waals surface area contributed by atoms with Gasteiger partial charge < -0.3 is 19.9 Å². The fourth-order valence-corrected chi connectivity index (χ4v) is 2.46. The van der Waals surface area contributed by atoms with Gasteiger partial charge in [0.15, 0.2) is 0 Å². The molecule has 1 fully saturated rings. The quantitative estimate of drug-likeness (QED) is 0.811. The standard InChI is InChI=1S/C12H17N5O/c1-17-4-3-13-9(6-17)8-5-14-11-10(8)15-7-16-12(11)18-2/h5,7,9,13-14H,3-4,6H2,1-2H3. The van der Waals surface area contributed by atoms with Crippen molar-refractivity contribution in [3.8, 4) is 5.88 Å². The molecule has 1 saturated heterocycles. The molecule has 1 aliphatic rings. The molecule has 2 aromatic heterocycles. The van der Waals surface area contributed by atoms with Gasteiger partial charge in [-0.1, -0.05) is 0 Å². The van der Waals surface area contributed by atoms with Gasteiger partial charge in [0.2, 0.25) is 5.88 Å². The Morgan fingerprint density at radius 3 is 3.11 bits per heavy atom. The first-order chi connectivity index (χ1) is 8.79. The van der Waals surface area contributed by atoms with E-state index < -0.39 is 0 Å². The van der Waals surface area contributed by atoms with Crippen LogP contribution in [0.5, 0.6) is 5.88 Å². The first kappa shape index (κ1) is 11.4. The molecule has 0 amide bonds. The molecule has 18 heavy (non-hydrogen) atoms. The first-order valence-electron chi connectivity index (χ1n) is 6.07. The van der Waals surface area contributed by atoms with Crippen molar-refractivity contribution in [2.45, 2.75) is 6.04 Å². The summed E-state index contributed by atoms with van der Waals surface area (Å²) in [5.41, 5.74) is 2.98. The summed E-state index contributed by atoms with van der Waals surface area (Å²) < 4.78 is 5.24. The van der Waals surface area contributed by atoms with Crippen LogP contribution in [-0.2, 0) is 0 Å². The molecule has 0 saturated carbocycles. The summed E-state index contributed by atoms with van der Waals surface area (Å²) in [5.74, 6) is 0.593. The normalized spacial score (nSPS) is 21.3. The van der Waals surface area contributed by atoms with E-state index in [0.717, 1.165) is 30.7 Å².